The SMILES string of the molecule is CONCC1CCN(C)C1. The minimum Gasteiger partial charge on any atom is -0.306 e. The summed E-state index contributed by atoms with van der Waals surface area (Å²) in [6.07, 6.45) is 1.30. The maximum atomic E-state index is 4.77. The number of hydroxylamine groups is 1. The van der Waals surface area contributed by atoms with Gasteiger partial charge in [-0.3, -0.25) is 0 Å². The van der Waals surface area contributed by atoms with Crippen LogP contribution in [-0.2, 0) is 4.84 Å². The van der Waals surface area contributed by atoms with Gasteiger partial charge >= 0.3 is 0 Å². The lowest BCUT2D eigenvalue weighted by atomic mass is 10.1. The first-order valence-electron chi connectivity index (χ1n) is 3.77. The lowest BCUT2D eigenvalue weighted by Crippen LogP contribution is -2.24. The molecule has 60 valence electrons. The van der Waals surface area contributed by atoms with Crippen LogP contribution in [0.5, 0.6) is 0 Å². The van der Waals surface area contributed by atoms with Gasteiger partial charge in [0.1, 0.15) is 0 Å². The summed E-state index contributed by atoms with van der Waals surface area (Å²) < 4.78 is 0. The summed E-state index contributed by atoms with van der Waals surface area (Å²) in [6.45, 7) is 3.42. The molecule has 1 rings (SSSR count). The Bertz CT molecular complexity index is 97.6. The highest BCUT2D eigenvalue weighted by Gasteiger charge is 2.18. The topological polar surface area (TPSA) is 24.5 Å². The van der Waals surface area contributed by atoms with Gasteiger partial charge in [0.2, 0.25) is 0 Å². The van der Waals surface area contributed by atoms with Crippen LogP contribution in [0.2, 0.25) is 0 Å². The van der Waals surface area contributed by atoms with Gasteiger partial charge in [-0.25, -0.2) is 5.48 Å². The van der Waals surface area contributed by atoms with Crippen LogP contribution in [0.25, 0.3) is 0 Å². The highest BCUT2D eigenvalue weighted by atomic mass is 16.6. The molecule has 0 aromatic carbocycles. The molecule has 1 unspecified atom stereocenters. The normalized spacial score (nSPS) is 27.6. The second kappa shape index (κ2) is 3.91. The largest absolute Gasteiger partial charge is 0.306 e. The van der Waals surface area contributed by atoms with Crippen LogP contribution in [0, 0.1) is 5.92 Å². The molecular formula is C7H16N2O. The Morgan fingerprint density at radius 1 is 1.70 bits per heavy atom. The summed E-state index contributed by atoms with van der Waals surface area (Å²) in [6, 6.07) is 0. The molecule has 0 radical (unpaired) electrons. The van der Waals surface area contributed by atoms with Crippen LogP contribution in [0.3, 0.4) is 0 Å². The zero-order valence-electron chi connectivity index (χ0n) is 6.76. The molecule has 1 N–H and O–H groups in total. The van der Waals surface area contributed by atoms with Crippen molar-refractivity contribution in [1.29, 1.82) is 0 Å². The van der Waals surface area contributed by atoms with Gasteiger partial charge in [-0.1, -0.05) is 0 Å². The summed E-state index contributed by atoms with van der Waals surface area (Å²) in [5.74, 6) is 0.782. The van der Waals surface area contributed by atoms with Crippen LogP contribution in [0.1, 0.15) is 6.42 Å². The van der Waals surface area contributed by atoms with Crippen molar-refractivity contribution in [2.45, 2.75) is 6.42 Å². The molecule has 0 saturated carbocycles. The van der Waals surface area contributed by atoms with Gasteiger partial charge in [0, 0.05) is 13.1 Å². The Morgan fingerprint density at radius 3 is 3.00 bits per heavy atom. The summed E-state index contributed by atoms with van der Waals surface area (Å²) in [7, 11) is 3.82. The third kappa shape index (κ3) is 2.25. The summed E-state index contributed by atoms with van der Waals surface area (Å²) in [5.41, 5.74) is 2.88. The van der Waals surface area contributed by atoms with Crippen molar-refractivity contribution in [2.75, 3.05) is 33.8 Å². The maximum Gasteiger partial charge on any atom is 0.0572 e. The molecule has 0 bridgehead atoms. The van der Waals surface area contributed by atoms with Crippen molar-refractivity contribution in [3.8, 4) is 0 Å². The van der Waals surface area contributed by atoms with E-state index in [9.17, 15) is 0 Å². The average Bonchev–Trinajstić information content (AvgIpc) is 2.31. The monoisotopic (exact) mass is 144 g/mol. The van der Waals surface area contributed by atoms with Crippen molar-refractivity contribution >= 4 is 0 Å². The molecular weight excluding hydrogens is 128 g/mol. The molecule has 3 nitrogen and oxygen atoms in total. The number of nitrogens with zero attached hydrogens (tertiary/aromatic N) is 1. The predicted octanol–water partition coefficient (Wildman–Crippen LogP) is 0.0891. The molecule has 1 aliphatic rings. The smallest absolute Gasteiger partial charge is 0.0572 e. The van der Waals surface area contributed by atoms with Gasteiger partial charge in [-0.05, 0) is 25.9 Å². The van der Waals surface area contributed by atoms with Crippen LogP contribution in [-0.4, -0.2) is 38.7 Å². The van der Waals surface area contributed by atoms with Crippen LogP contribution < -0.4 is 5.48 Å². The van der Waals surface area contributed by atoms with Gasteiger partial charge in [0.05, 0.1) is 7.11 Å². The molecule has 1 aliphatic heterocycles. The Balaban J connectivity index is 2.06. The number of hydrogen-bond acceptors (Lipinski definition) is 3. The minimum atomic E-state index is 0.782. The highest BCUT2D eigenvalue weighted by Crippen LogP contribution is 2.12. The van der Waals surface area contributed by atoms with Crippen LogP contribution >= 0.6 is 0 Å². The predicted molar refractivity (Wildman–Crippen MR) is 40.6 cm³/mol. The molecule has 1 atom stereocenters. The number of rotatable bonds is 3. The van der Waals surface area contributed by atoms with E-state index in [0.29, 0.717) is 0 Å². The Morgan fingerprint density at radius 2 is 2.50 bits per heavy atom. The summed E-state index contributed by atoms with van der Waals surface area (Å²) >= 11 is 0. The molecule has 0 aromatic rings. The standard InChI is InChI=1S/C7H16N2O/c1-9-4-3-7(6-9)5-8-10-2/h7-8H,3-6H2,1-2H3. The molecule has 0 spiro atoms. The lowest BCUT2D eigenvalue weighted by molar-refractivity contribution is 0.0808. The van der Waals surface area contributed by atoms with Crippen molar-refractivity contribution in [1.82, 2.24) is 10.4 Å². The zero-order valence-corrected chi connectivity index (χ0v) is 6.76. The molecule has 1 heterocycles. The minimum absolute atomic E-state index is 0.782. The molecule has 10 heavy (non-hydrogen) atoms. The van der Waals surface area contributed by atoms with Crippen molar-refractivity contribution in [2.24, 2.45) is 5.92 Å². The maximum absolute atomic E-state index is 4.77. The number of hydrogen-bond donors (Lipinski definition) is 1. The van der Waals surface area contributed by atoms with Crippen molar-refractivity contribution in [3.05, 3.63) is 0 Å². The first-order chi connectivity index (χ1) is 4.83. The molecule has 1 fully saturated rings. The quantitative estimate of drug-likeness (QED) is 0.568. The fraction of sp³-hybridized carbons (Fsp3) is 1.00. The Kier molecular flexibility index (Phi) is 3.12. The van der Waals surface area contributed by atoms with E-state index < -0.39 is 0 Å². The van der Waals surface area contributed by atoms with Gasteiger partial charge in [-0.2, -0.15) is 0 Å². The van der Waals surface area contributed by atoms with E-state index in [2.05, 4.69) is 17.4 Å². The third-order valence-corrected chi connectivity index (χ3v) is 2.01. The van der Waals surface area contributed by atoms with Crippen LogP contribution in [0.4, 0.5) is 0 Å². The van der Waals surface area contributed by atoms with E-state index in [4.69, 9.17) is 4.84 Å². The summed E-state index contributed by atoms with van der Waals surface area (Å²) in [5, 5.41) is 0. The summed E-state index contributed by atoms with van der Waals surface area (Å²) in [4.78, 5) is 7.12. The molecule has 0 aliphatic carbocycles. The molecule has 0 aromatic heterocycles. The Hall–Kier alpha value is -0.120. The number of nitrogens with one attached hydrogen (secondary N) is 1. The van der Waals surface area contributed by atoms with E-state index >= 15 is 0 Å². The van der Waals surface area contributed by atoms with E-state index in [0.717, 1.165) is 12.5 Å². The van der Waals surface area contributed by atoms with E-state index in [1.165, 1.54) is 19.5 Å². The Labute approximate surface area is 62.3 Å². The highest BCUT2D eigenvalue weighted by molar-refractivity contribution is 4.73. The molecule has 1 saturated heterocycles. The van der Waals surface area contributed by atoms with E-state index in [1.54, 1.807) is 7.11 Å². The van der Waals surface area contributed by atoms with Gasteiger partial charge in [0.15, 0.2) is 0 Å². The first-order valence-corrected chi connectivity index (χ1v) is 3.77. The first kappa shape index (κ1) is 7.98. The van der Waals surface area contributed by atoms with E-state index in [1.807, 2.05) is 0 Å². The lowest BCUT2D eigenvalue weighted by Gasteiger charge is -2.09. The van der Waals surface area contributed by atoms with Crippen molar-refractivity contribution in [3.63, 3.8) is 0 Å². The number of likely N-dealkylation sites (tertiary alicyclic amines) is 1. The fourth-order valence-corrected chi connectivity index (χ4v) is 1.39. The fourth-order valence-electron chi connectivity index (χ4n) is 1.39. The third-order valence-electron chi connectivity index (χ3n) is 2.01. The molecule has 3 heteroatoms. The second-order valence-electron chi connectivity index (χ2n) is 2.97. The van der Waals surface area contributed by atoms with Gasteiger partial charge in [-0.15, -0.1) is 0 Å². The van der Waals surface area contributed by atoms with Gasteiger partial charge < -0.3 is 9.74 Å². The van der Waals surface area contributed by atoms with E-state index in [-0.39, 0.29) is 0 Å². The second-order valence-corrected chi connectivity index (χ2v) is 2.97. The van der Waals surface area contributed by atoms with Gasteiger partial charge in [0.25, 0.3) is 0 Å². The molecule has 0 amide bonds. The van der Waals surface area contributed by atoms with Crippen LogP contribution in [0.15, 0.2) is 0 Å². The van der Waals surface area contributed by atoms with Crippen molar-refractivity contribution < 1.29 is 4.84 Å². The average molecular weight is 144 g/mol. The zero-order chi connectivity index (χ0) is 7.40.